The van der Waals surface area contributed by atoms with Crippen molar-refractivity contribution in [1.29, 1.82) is 0 Å². The van der Waals surface area contributed by atoms with E-state index >= 15 is 0 Å². The number of imidazole rings is 1. The first-order valence-corrected chi connectivity index (χ1v) is 5.82. The Morgan fingerprint density at radius 1 is 1.44 bits per heavy atom. The average molecular weight is 217 g/mol. The number of aryl methyl sites for hydroxylation is 2. The Kier molecular flexibility index (Phi) is 2.97. The molecule has 0 bridgehead atoms. The molecular weight excluding hydrogens is 198 g/mol. The summed E-state index contributed by atoms with van der Waals surface area (Å²) in [6, 6.07) is 6.37. The monoisotopic (exact) mass is 217 g/mol. The van der Waals surface area contributed by atoms with Gasteiger partial charge in [0.25, 0.3) is 0 Å². The van der Waals surface area contributed by atoms with Crippen molar-refractivity contribution in [1.82, 2.24) is 9.55 Å². The molecule has 3 nitrogen and oxygen atoms in total. The summed E-state index contributed by atoms with van der Waals surface area (Å²) in [6.07, 6.45) is 2.07. The molecule has 1 unspecified atom stereocenters. The zero-order chi connectivity index (χ0) is 11.7. The van der Waals surface area contributed by atoms with E-state index in [1.165, 1.54) is 5.56 Å². The van der Waals surface area contributed by atoms with Crippen LogP contribution >= 0.6 is 0 Å². The Morgan fingerprint density at radius 3 is 2.88 bits per heavy atom. The van der Waals surface area contributed by atoms with Crippen molar-refractivity contribution in [2.24, 2.45) is 12.8 Å². The Labute approximate surface area is 96.3 Å². The summed E-state index contributed by atoms with van der Waals surface area (Å²) < 4.78 is 2.11. The molecule has 16 heavy (non-hydrogen) atoms. The summed E-state index contributed by atoms with van der Waals surface area (Å²) in [5, 5.41) is 0. The molecule has 0 aliphatic heterocycles. The van der Waals surface area contributed by atoms with Gasteiger partial charge in [0.1, 0.15) is 5.82 Å². The first kappa shape index (κ1) is 11.1. The van der Waals surface area contributed by atoms with Crippen LogP contribution in [0.3, 0.4) is 0 Å². The Bertz CT molecular complexity index is 499. The lowest BCUT2D eigenvalue weighted by molar-refractivity contribution is 0.584. The van der Waals surface area contributed by atoms with Gasteiger partial charge in [0, 0.05) is 7.05 Å². The fraction of sp³-hybridized carbons (Fsp3) is 0.462. The minimum atomic E-state index is 0.0442. The summed E-state index contributed by atoms with van der Waals surface area (Å²) in [6.45, 7) is 4.23. The topological polar surface area (TPSA) is 43.8 Å². The molecule has 2 aromatic rings. The lowest BCUT2D eigenvalue weighted by Gasteiger charge is -2.09. The highest BCUT2D eigenvalue weighted by Crippen LogP contribution is 2.21. The molecule has 2 rings (SSSR count). The normalized spacial score (nSPS) is 13.2. The van der Waals surface area contributed by atoms with Crippen molar-refractivity contribution in [3.8, 4) is 0 Å². The van der Waals surface area contributed by atoms with Crippen LogP contribution in [0.25, 0.3) is 11.0 Å². The molecule has 1 aromatic heterocycles. The second-order valence-electron chi connectivity index (χ2n) is 4.42. The second kappa shape index (κ2) is 4.26. The van der Waals surface area contributed by atoms with Crippen molar-refractivity contribution >= 4 is 11.0 Å². The van der Waals surface area contributed by atoms with Gasteiger partial charge in [-0.1, -0.05) is 19.4 Å². The van der Waals surface area contributed by atoms with Crippen LogP contribution in [0.15, 0.2) is 18.2 Å². The maximum atomic E-state index is 6.12. The molecule has 0 saturated heterocycles. The van der Waals surface area contributed by atoms with Crippen LogP contribution in [0, 0.1) is 6.92 Å². The van der Waals surface area contributed by atoms with Crippen molar-refractivity contribution in [2.75, 3.05) is 0 Å². The molecule has 3 heteroatoms. The number of hydrogen-bond acceptors (Lipinski definition) is 2. The summed E-state index contributed by atoms with van der Waals surface area (Å²) in [4.78, 5) is 4.63. The molecule has 1 atom stereocenters. The van der Waals surface area contributed by atoms with Gasteiger partial charge >= 0.3 is 0 Å². The lowest BCUT2D eigenvalue weighted by Crippen LogP contribution is -2.14. The maximum Gasteiger partial charge on any atom is 0.126 e. The first-order valence-electron chi connectivity index (χ1n) is 5.82. The molecule has 0 saturated carbocycles. The average Bonchev–Trinajstić information content (AvgIpc) is 2.56. The summed E-state index contributed by atoms with van der Waals surface area (Å²) in [5.74, 6) is 0.988. The summed E-state index contributed by atoms with van der Waals surface area (Å²) in [5.41, 5.74) is 9.57. The largest absolute Gasteiger partial charge is 0.330 e. The molecule has 2 N–H and O–H groups in total. The van der Waals surface area contributed by atoms with E-state index in [1.807, 2.05) is 7.05 Å². The van der Waals surface area contributed by atoms with E-state index in [9.17, 15) is 0 Å². The van der Waals surface area contributed by atoms with Crippen LogP contribution in [-0.2, 0) is 7.05 Å². The Balaban J connectivity index is 2.51. The van der Waals surface area contributed by atoms with Crippen molar-refractivity contribution in [2.45, 2.75) is 32.7 Å². The van der Waals surface area contributed by atoms with E-state index in [0.717, 1.165) is 29.7 Å². The minimum Gasteiger partial charge on any atom is -0.330 e. The number of nitrogens with zero attached hydrogens (tertiary/aromatic N) is 2. The fourth-order valence-corrected chi connectivity index (χ4v) is 2.10. The molecule has 1 aromatic carbocycles. The molecule has 0 radical (unpaired) electrons. The van der Waals surface area contributed by atoms with Gasteiger partial charge in [-0.2, -0.15) is 0 Å². The van der Waals surface area contributed by atoms with E-state index < -0.39 is 0 Å². The standard InChI is InChI=1S/C13H19N3/c1-4-5-10(14)13-15-11-8-9(2)6-7-12(11)16(13)3/h6-8,10H,4-5,14H2,1-3H3. The number of hydrogen-bond donors (Lipinski definition) is 1. The van der Waals surface area contributed by atoms with Gasteiger partial charge in [-0.3, -0.25) is 0 Å². The number of rotatable bonds is 3. The molecule has 1 heterocycles. The van der Waals surface area contributed by atoms with Gasteiger partial charge in [0.15, 0.2) is 0 Å². The summed E-state index contributed by atoms with van der Waals surface area (Å²) in [7, 11) is 2.04. The number of nitrogens with two attached hydrogens (primary N) is 1. The van der Waals surface area contributed by atoms with Crippen molar-refractivity contribution < 1.29 is 0 Å². The predicted octanol–water partition coefficient (Wildman–Crippen LogP) is 2.68. The Morgan fingerprint density at radius 2 is 2.19 bits per heavy atom. The van der Waals surface area contributed by atoms with Gasteiger partial charge < -0.3 is 10.3 Å². The fourth-order valence-electron chi connectivity index (χ4n) is 2.10. The number of benzene rings is 1. The van der Waals surface area contributed by atoms with Gasteiger partial charge in [-0.25, -0.2) is 4.98 Å². The minimum absolute atomic E-state index is 0.0442. The zero-order valence-corrected chi connectivity index (χ0v) is 10.2. The van der Waals surface area contributed by atoms with E-state index in [4.69, 9.17) is 5.73 Å². The van der Waals surface area contributed by atoms with Gasteiger partial charge in [0.05, 0.1) is 17.1 Å². The molecule has 0 aliphatic carbocycles. The third-order valence-electron chi connectivity index (χ3n) is 3.00. The highest BCUT2D eigenvalue weighted by molar-refractivity contribution is 5.76. The van der Waals surface area contributed by atoms with Crippen LogP contribution in [0.4, 0.5) is 0 Å². The van der Waals surface area contributed by atoms with E-state index in [0.29, 0.717) is 0 Å². The van der Waals surface area contributed by atoms with Gasteiger partial charge in [-0.05, 0) is 31.0 Å². The van der Waals surface area contributed by atoms with Gasteiger partial charge in [-0.15, -0.1) is 0 Å². The van der Waals surface area contributed by atoms with E-state index in [1.54, 1.807) is 0 Å². The molecule has 0 aliphatic rings. The van der Waals surface area contributed by atoms with Crippen LogP contribution in [0.5, 0.6) is 0 Å². The summed E-state index contributed by atoms with van der Waals surface area (Å²) >= 11 is 0. The van der Waals surface area contributed by atoms with Crippen molar-refractivity contribution in [3.63, 3.8) is 0 Å². The molecule has 0 fully saturated rings. The highest BCUT2D eigenvalue weighted by atomic mass is 15.1. The third-order valence-corrected chi connectivity index (χ3v) is 3.00. The number of fused-ring (bicyclic) bond motifs is 1. The van der Waals surface area contributed by atoms with Gasteiger partial charge in [0.2, 0.25) is 0 Å². The first-order chi connectivity index (χ1) is 7.63. The van der Waals surface area contributed by atoms with Crippen LogP contribution < -0.4 is 5.73 Å². The molecular formula is C13H19N3. The number of aromatic nitrogens is 2. The second-order valence-corrected chi connectivity index (χ2v) is 4.42. The SMILES string of the molecule is CCCC(N)c1nc2cc(C)ccc2n1C. The van der Waals surface area contributed by atoms with Crippen LogP contribution in [-0.4, -0.2) is 9.55 Å². The molecule has 86 valence electrons. The predicted molar refractivity (Wildman–Crippen MR) is 67.3 cm³/mol. The highest BCUT2D eigenvalue weighted by Gasteiger charge is 2.13. The zero-order valence-electron chi connectivity index (χ0n) is 10.2. The van der Waals surface area contributed by atoms with Crippen molar-refractivity contribution in [3.05, 3.63) is 29.6 Å². The van der Waals surface area contributed by atoms with E-state index in [-0.39, 0.29) is 6.04 Å². The maximum absolute atomic E-state index is 6.12. The van der Waals surface area contributed by atoms with E-state index in [2.05, 4.69) is 41.6 Å². The van der Waals surface area contributed by atoms with Crippen LogP contribution in [0.1, 0.15) is 37.2 Å². The van der Waals surface area contributed by atoms with Crippen LogP contribution in [0.2, 0.25) is 0 Å². The molecule has 0 spiro atoms. The Hall–Kier alpha value is -1.35. The third kappa shape index (κ3) is 1.83. The quantitative estimate of drug-likeness (QED) is 0.859. The molecule has 0 amide bonds. The smallest absolute Gasteiger partial charge is 0.126 e. The lowest BCUT2D eigenvalue weighted by atomic mass is 10.2.